The molecule has 3 nitrogen and oxygen atoms in total. The number of carbonyl (C=O) groups is 1. The summed E-state index contributed by atoms with van der Waals surface area (Å²) < 4.78 is 34.6. The van der Waals surface area contributed by atoms with Gasteiger partial charge in [-0.25, -0.2) is 12.8 Å². The van der Waals surface area contributed by atoms with E-state index >= 15 is 0 Å². The van der Waals surface area contributed by atoms with E-state index in [-0.39, 0.29) is 11.3 Å². The number of benzene rings is 1. The Balaban J connectivity index is 3.28. The molecule has 0 heterocycles. The molecular weight excluding hydrogens is 267 g/mol. The van der Waals surface area contributed by atoms with Crippen LogP contribution in [0.25, 0.3) is 0 Å². The van der Waals surface area contributed by atoms with Crippen LogP contribution < -0.4 is 0 Å². The summed E-state index contributed by atoms with van der Waals surface area (Å²) in [6.07, 6.45) is 0. The van der Waals surface area contributed by atoms with Crippen LogP contribution in [0, 0.1) is 5.82 Å². The number of Topliss-reactive ketones (excluding diaryl/α,β-unsaturated/α-hetero) is 1. The van der Waals surface area contributed by atoms with Crippen molar-refractivity contribution in [3.63, 3.8) is 0 Å². The van der Waals surface area contributed by atoms with E-state index in [0.717, 1.165) is 13.0 Å². The van der Waals surface area contributed by atoms with Gasteiger partial charge in [0.05, 0.1) is 5.56 Å². The third-order valence-corrected chi connectivity index (χ3v) is 5.48. The maximum atomic E-state index is 13.4. The highest BCUT2D eigenvalue weighted by Crippen LogP contribution is 2.28. The van der Waals surface area contributed by atoms with Crippen LogP contribution in [-0.4, -0.2) is 24.2 Å². The lowest BCUT2D eigenvalue weighted by molar-refractivity contribution is 0.0974. The highest BCUT2D eigenvalue weighted by Gasteiger charge is 2.44. The van der Waals surface area contributed by atoms with Gasteiger partial charge in [0, 0.05) is 5.75 Å². The fraction of sp³-hybridized carbons (Fsp3) is 0.364. The Hall–Kier alpha value is -0.940. The molecule has 0 unspecified atom stereocenters. The van der Waals surface area contributed by atoms with Gasteiger partial charge in [0.15, 0.2) is 9.84 Å². The van der Waals surface area contributed by atoms with Crippen molar-refractivity contribution in [3.8, 4) is 0 Å². The smallest absolute Gasteiger partial charge is 0.205 e. The Morgan fingerprint density at radius 3 is 2.41 bits per heavy atom. The third-order valence-electron chi connectivity index (χ3n) is 2.49. The van der Waals surface area contributed by atoms with Crippen molar-refractivity contribution in [2.75, 3.05) is 5.75 Å². The molecule has 0 aliphatic rings. The number of carbonyl (C=O) groups excluding carboxylic acids is 1. The van der Waals surface area contributed by atoms with E-state index in [0.29, 0.717) is 0 Å². The minimum atomic E-state index is -3.81. The monoisotopic (exact) mass is 278 g/mol. The molecule has 0 bridgehead atoms. The number of sulfone groups is 1. The molecule has 1 aromatic rings. The van der Waals surface area contributed by atoms with Crippen molar-refractivity contribution in [1.29, 1.82) is 0 Å². The van der Waals surface area contributed by atoms with Crippen LogP contribution in [0.4, 0.5) is 4.39 Å². The lowest BCUT2D eigenvalue weighted by atomic mass is 10.1. The quantitative estimate of drug-likeness (QED) is 0.628. The summed E-state index contributed by atoms with van der Waals surface area (Å²) in [5.41, 5.74) is -0.318. The maximum absolute atomic E-state index is 13.4. The molecule has 0 aromatic heterocycles. The minimum Gasteiger partial charge on any atom is -0.291 e. The van der Waals surface area contributed by atoms with E-state index in [2.05, 4.69) is 0 Å². The Bertz CT molecular complexity index is 537. The van der Waals surface area contributed by atoms with Crippen molar-refractivity contribution >= 4 is 27.2 Å². The zero-order valence-electron chi connectivity index (χ0n) is 9.41. The van der Waals surface area contributed by atoms with E-state index in [1.165, 1.54) is 25.1 Å². The molecule has 6 heteroatoms. The Morgan fingerprint density at radius 1 is 1.41 bits per heavy atom. The second-order valence-corrected chi connectivity index (χ2v) is 7.23. The molecule has 0 spiro atoms. The second-order valence-electron chi connectivity index (χ2n) is 3.63. The number of rotatable bonds is 4. The predicted octanol–water partition coefficient (Wildman–Crippen LogP) is 2.40. The van der Waals surface area contributed by atoms with Gasteiger partial charge >= 0.3 is 0 Å². The van der Waals surface area contributed by atoms with Crippen LogP contribution in [0.3, 0.4) is 0 Å². The number of alkyl halides is 1. The zero-order chi connectivity index (χ0) is 13.3. The molecule has 0 fully saturated rings. The molecule has 0 saturated heterocycles. The Labute approximate surface area is 105 Å². The fourth-order valence-electron chi connectivity index (χ4n) is 1.30. The number of halogens is 2. The zero-order valence-corrected chi connectivity index (χ0v) is 11.0. The molecule has 0 radical (unpaired) electrons. The van der Waals surface area contributed by atoms with Gasteiger partial charge in [0.1, 0.15) is 5.82 Å². The van der Waals surface area contributed by atoms with Crippen LogP contribution in [0.1, 0.15) is 24.2 Å². The first kappa shape index (κ1) is 14.1. The summed E-state index contributed by atoms with van der Waals surface area (Å²) in [5.74, 6) is -2.01. The Kier molecular flexibility index (Phi) is 3.94. The van der Waals surface area contributed by atoms with E-state index in [1.54, 1.807) is 0 Å². The summed E-state index contributed by atoms with van der Waals surface area (Å²) in [4.78, 5) is 11.9. The average molecular weight is 279 g/mol. The first-order valence-electron chi connectivity index (χ1n) is 4.94. The fourth-order valence-corrected chi connectivity index (χ4v) is 2.66. The Morgan fingerprint density at radius 2 is 1.94 bits per heavy atom. The molecule has 0 amide bonds. The van der Waals surface area contributed by atoms with Crippen molar-refractivity contribution in [3.05, 3.63) is 35.6 Å². The van der Waals surface area contributed by atoms with Gasteiger partial charge in [-0.05, 0) is 19.1 Å². The van der Waals surface area contributed by atoms with E-state index < -0.39 is 25.6 Å². The SMILES string of the molecule is CCS(=O)(=O)[C@@](C)(Cl)C(=O)c1ccccc1F. The highest BCUT2D eigenvalue weighted by molar-refractivity contribution is 7.95. The number of hydrogen-bond donors (Lipinski definition) is 0. The molecule has 0 aliphatic carbocycles. The predicted molar refractivity (Wildman–Crippen MR) is 64.4 cm³/mol. The highest BCUT2D eigenvalue weighted by atomic mass is 35.5. The largest absolute Gasteiger partial charge is 0.291 e. The third kappa shape index (κ3) is 2.50. The molecular formula is C11H12ClFO3S. The van der Waals surface area contributed by atoms with E-state index in [1.807, 2.05) is 0 Å². The lowest BCUT2D eigenvalue weighted by Gasteiger charge is -2.20. The van der Waals surface area contributed by atoms with Crippen molar-refractivity contribution in [2.45, 2.75) is 18.1 Å². The second kappa shape index (κ2) is 4.74. The summed E-state index contributed by atoms with van der Waals surface area (Å²) >= 11 is 5.78. The van der Waals surface area contributed by atoms with Crippen molar-refractivity contribution in [1.82, 2.24) is 0 Å². The molecule has 17 heavy (non-hydrogen) atoms. The molecule has 1 atom stereocenters. The van der Waals surface area contributed by atoms with Gasteiger partial charge in [-0.2, -0.15) is 0 Å². The van der Waals surface area contributed by atoms with Crippen LogP contribution in [0.5, 0.6) is 0 Å². The van der Waals surface area contributed by atoms with Crippen LogP contribution in [0.15, 0.2) is 24.3 Å². The topological polar surface area (TPSA) is 51.2 Å². The van der Waals surface area contributed by atoms with E-state index in [9.17, 15) is 17.6 Å². The molecule has 94 valence electrons. The van der Waals surface area contributed by atoms with Crippen molar-refractivity contribution < 1.29 is 17.6 Å². The standard InChI is InChI=1S/C11H12ClFO3S/c1-3-17(15,16)11(2,12)10(14)8-6-4-5-7-9(8)13/h4-7H,3H2,1-2H3/t11-/m1/s1. The van der Waals surface area contributed by atoms with Crippen LogP contribution in [-0.2, 0) is 9.84 Å². The molecule has 0 N–H and O–H groups in total. The van der Waals surface area contributed by atoms with E-state index in [4.69, 9.17) is 11.6 Å². The summed E-state index contributed by atoms with van der Waals surface area (Å²) in [5, 5.41) is 0. The summed E-state index contributed by atoms with van der Waals surface area (Å²) in [7, 11) is -3.81. The van der Waals surface area contributed by atoms with Gasteiger partial charge in [0.25, 0.3) is 0 Å². The first-order valence-corrected chi connectivity index (χ1v) is 6.97. The van der Waals surface area contributed by atoms with Crippen molar-refractivity contribution in [2.24, 2.45) is 0 Å². The summed E-state index contributed by atoms with van der Waals surface area (Å²) in [6, 6.07) is 5.15. The normalized spacial score (nSPS) is 15.3. The van der Waals surface area contributed by atoms with Gasteiger partial charge in [0.2, 0.25) is 9.99 Å². The minimum absolute atomic E-state index is 0.285. The van der Waals surface area contributed by atoms with Crippen LogP contribution >= 0.6 is 11.6 Å². The molecule has 1 aromatic carbocycles. The molecule has 0 saturated carbocycles. The van der Waals surface area contributed by atoms with Gasteiger partial charge in [-0.15, -0.1) is 0 Å². The maximum Gasteiger partial charge on any atom is 0.205 e. The molecule has 0 aliphatic heterocycles. The van der Waals surface area contributed by atoms with Gasteiger partial charge in [-0.3, -0.25) is 4.79 Å². The van der Waals surface area contributed by atoms with Crippen LogP contribution in [0.2, 0.25) is 0 Å². The summed E-state index contributed by atoms with van der Waals surface area (Å²) in [6.45, 7) is 2.45. The number of hydrogen-bond acceptors (Lipinski definition) is 3. The lowest BCUT2D eigenvalue weighted by Crippen LogP contribution is -2.39. The molecule has 1 rings (SSSR count). The van der Waals surface area contributed by atoms with Gasteiger partial charge in [-0.1, -0.05) is 30.7 Å². The average Bonchev–Trinajstić information content (AvgIpc) is 2.28. The first-order chi connectivity index (χ1) is 7.74. The van der Waals surface area contributed by atoms with Gasteiger partial charge < -0.3 is 0 Å². The number of ketones is 1.